The number of nitrogens with one attached hydrogen (secondary N) is 2. The van der Waals surface area contributed by atoms with Gasteiger partial charge in [0.1, 0.15) is 5.75 Å². The van der Waals surface area contributed by atoms with E-state index in [0.717, 1.165) is 5.56 Å². The summed E-state index contributed by atoms with van der Waals surface area (Å²) in [4.78, 5) is 22.6. The van der Waals surface area contributed by atoms with Gasteiger partial charge in [0, 0.05) is 6.54 Å². The van der Waals surface area contributed by atoms with Crippen LogP contribution < -0.4 is 15.4 Å². The van der Waals surface area contributed by atoms with Crippen molar-refractivity contribution in [2.45, 2.75) is 13.8 Å². The molecule has 0 fully saturated rings. The van der Waals surface area contributed by atoms with Gasteiger partial charge in [-0.1, -0.05) is 17.7 Å². The number of amides is 2. The summed E-state index contributed by atoms with van der Waals surface area (Å²) in [5.41, 5.74) is 0.988. The Kier molecular flexibility index (Phi) is 6.15. The Balaban J connectivity index is 2.38. The van der Waals surface area contributed by atoms with Crippen molar-refractivity contribution in [2.24, 2.45) is 0 Å². The van der Waals surface area contributed by atoms with Crippen LogP contribution in [0.5, 0.6) is 5.75 Å². The van der Waals surface area contributed by atoms with Gasteiger partial charge in [0.15, 0.2) is 6.61 Å². The molecule has 0 radical (unpaired) electrons. The molecule has 0 aliphatic heterocycles. The first-order valence-electron chi connectivity index (χ1n) is 5.95. The summed E-state index contributed by atoms with van der Waals surface area (Å²) in [6, 6.07) is 5.31. The van der Waals surface area contributed by atoms with Gasteiger partial charge in [-0.2, -0.15) is 0 Å². The van der Waals surface area contributed by atoms with Crippen LogP contribution in [-0.2, 0) is 9.59 Å². The predicted octanol–water partition coefficient (Wildman–Crippen LogP) is 1.28. The van der Waals surface area contributed by atoms with Crippen LogP contribution in [0.15, 0.2) is 18.2 Å². The summed E-state index contributed by atoms with van der Waals surface area (Å²) in [7, 11) is 0. The monoisotopic (exact) mass is 284 g/mol. The fourth-order valence-electron chi connectivity index (χ4n) is 1.35. The van der Waals surface area contributed by atoms with Crippen LogP contribution in [0.3, 0.4) is 0 Å². The van der Waals surface area contributed by atoms with Gasteiger partial charge < -0.3 is 15.4 Å². The Hall–Kier alpha value is -1.75. The average molecular weight is 285 g/mol. The zero-order valence-electron chi connectivity index (χ0n) is 11.0. The highest BCUT2D eigenvalue weighted by molar-refractivity contribution is 6.32. The SMILES string of the molecule is CCNC(=O)CNC(=O)COc1cc(C)ccc1Cl. The molecule has 19 heavy (non-hydrogen) atoms. The van der Waals surface area contributed by atoms with E-state index in [-0.39, 0.29) is 25.0 Å². The Labute approximate surface area is 117 Å². The molecule has 0 saturated heterocycles. The molecule has 2 N–H and O–H groups in total. The number of benzene rings is 1. The predicted molar refractivity (Wildman–Crippen MR) is 73.4 cm³/mol. The third kappa shape index (κ3) is 5.61. The van der Waals surface area contributed by atoms with E-state index in [1.54, 1.807) is 12.1 Å². The van der Waals surface area contributed by atoms with Crippen LogP contribution in [-0.4, -0.2) is 31.5 Å². The molecule has 104 valence electrons. The molecule has 0 unspecified atom stereocenters. The molecule has 5 nitrogen and oxygen atoms in total. The Morgan fingerprint density at radius 1 is 1.26 bits per heavy atom. The van der Waals surface area contributed by atoms with Crippen molar-refractivity contribution >= 4 is 23.4 Å². The lowest BCUT2D eigenvalue weighted by molar-refractivity contribution is -0.127. The molecular weight excluding hydrogens is 268 g/mol. The second-order valence-electron chi connectivity index (χ2n) is 3.95. The number of carbonyl (C=O) groups is 2. The lowest BCUT2D eigenvalue weighted by atomic mass is 10.2. The second kappa shape index (κ2) is 7.63. The summed E-state index contributed by atoms with van der Waals surface area (Å²) in [6.07, 6.45) is 0. The summed E-state index contributed by atoms with van der Waals surface area (Å²) in [5, 5.41) is 5.47. The molecule has 0 saturated carbocycles. The molecule has 0 aliphatic carbocycles. The summed E-state index contributed by atoms with van der Waals surface area (Å²) < 4.78 is 5.30. The fourth-order valence-corrected chi connectivity index (χ4v) is 1.53. The highest BCUT2D eigenvalue weighted by atomic mass is 35.5. The number of hydrogen-bond acceptors (Lipinski definition) is 3. The van der Waals surface area contributed by atoms with E-state index in [0.29, 0.717) is 17.3 Å². The number of carbonyl (C=O) groups excluding carboxylic acids is 2. The third-order valence-electron chi connectivity index (χ3n) is 2.27. The van der Waals surface area contributed by atoms with Crippen LogP contribution in [0.4, 0.5) is 0 Å². The van der Waals surface area contributed by atoms with Gasteiger partial charge in [-0.3, -0.25) is 9.59 Å². The van der Waals surface area contributed by atoms with Crippen molar-refractivity contribution < 1.29 is 14.3 Å². The van der Waals surface area contributed by atoms with E-state index in [1.807, 2.05) is 19.9 Å². The fraction of sp³-hybridized carbons (Fsp3) is 0.385. The van der Waals surface area contributed by atoms with Crippen LogP contribution in [0.2, 0.25) is 5.02 Å². The van der Waals surface area contributed by atoms with Gasteiger partial charge in [0.25, 0.3) is 5.91 Å². The van der Waals surface area contributed by atoms with Gasteiger partial charge in [0.05, 0.1) is 11.6 Å². The molecular formula is C13H17ClN2O3. The first kappa shape index (κ1) is 15.3. The molecule has 0 aliphatic rings. The van der Waals surface area contributed by atoms with Gasteiger partial charge in [-0.15, -0.1) is 0 Å². The number of hydrogen-bond donors (Lipinski definition) is 2. The molecule has 1 aromatic rings. The molecule has 0 spiro atoms. The zero-order valence-corrected chi connectivity index (χ0v) is 11.7. The van der Waals surface area contributed by atoms with Crippen molar-refractivity contribution in [2.75, 3.05) is 19.7 Å². The van der Waals surface area contributed by atoms with E-state index in [2.05, 4.69) is 10.6 Å². The smallest absolute Gasteiger partial charge is 0.258 e. The van der Waals surface area contributed by atoms with E-state index >= 15 is 0 Å². The maximum Gasteiger partial charge on any atom is 0.258 e. The van der Waals surface area contributed by atoms with Gasteiger partial charge in [-0.25, -0.2) is 0 Å². The van der Waals surface area contributed by atoms with Gasteiger partial charge in [0.2, 0.25) is 5.91 Å². The van der Waals surface area contributed by atoms with Crippen LogP contribution >= 0.6 is 11.6 Å². The molecule has 1 aromatic carbocycles. The lowest BCUT2D eigenvalue weighted by Crippen LogP contribution is -2.38. The van der Waals surface area contributed by atoms with Crippen molar-refractivity contribution in [3.63, 3.8) is 0 Å². The number of rotatable bonds is 6. The summed E-state index contributed by atoms with van der Waals surface area (Å²) in [5.74, 6) is -0.150. The third-order valence-corrected chi connectivity index (χ3v) is 2.58. The van der Waals surface area contributed by atoms with Crippen LogP contribution in [0.1, 0.15) is 12.5 Å². The first-order valence-corrected chi connectivity index (χ1v) is 6.33. The quantitative estimate of drug-likeness (QED) is 0.827. The number of ether oxygens (including phenoxy) is 1. The van der Waals surface area contributed by atoms with Crippen LogP contribution in [0.25, 0.3) is 0 Å². The van der Waals surface area contributed by atoms with Crippen molar-refractivity contribution in [3.05, 3.63) is 28.8 Å². The Morgan fingerprint density at radius 3 is 2.68 bits per heavy atom. The molecule has 0 aromatic heterocycles. The molecule has 6 heteroatoms. The van der Waals surface area contributed by atoms with Crippen molar-refractivity contribution in [3.8, 4) is 5.75 Å². The number of halogens is 1. The second-order valence-corrected chi connectivity index (χ2v) is 4.36. The summed E-state index contributed by atoms with van der Waals surface area (Å²) >= 11 is 5.93. The van der Waals surface area contributed by atoms with Crippen molar-refractivity contribution in [1.29, 1.82) is 0 Å². The van der Waals surface area contributed by atoms with Crippen molar-refractivity contribution in [1.82, 2.24) is 10.6 Å². The Morgan fingerprint density at radius 2 is 2.00 bits per heavy atom. The first-order chi connectivity index (χ1) is 9.02. The standard InChI is InChI=1S/C13H17ClN2O3/c1-3-15-12(17)7-16-13(18)8-19-11-6-9(2)4-5-10(11)14/h4-6H,3,7-8H2,1-2H3,(H,15,17)(H,16,18). The van der Waals surface area contributed by atoms with Gasteiger partial charge in [-0.05, 0) is 31.5 Å². The molecule has 0 bridgehead atoms. The zero-order chi connectivity index (χ0) is 14.3. The van der Waals surface area contributed by atoms with Gasteiger partial charge >= 0.3 is 0 Å². The summed E-state index contributed by atoms with van der Waals surface area (Å²) in [6.45, 7) is 4.01. The van der Waals surface area contributed by atoms with E-state index in [9.17, 15) is 9.59 Å². The highest BCUT2D eigenvalue weighted by Gasteiger charge is 2.07. The van der Waals surface area contributed by atoms with E-state index in [4.69, 9.17) is 16.3 Å². The number of aryl methyl sites for hydroxylation is 1. The minimum atomic E-state index is -0.371. The molecule has 2 amide bonds. The lowest BCUT2D eigenvalue weighted by Gasteiger charge is -2.09. The largest absolute Gasteiger partial charge is 0.482 e. The molecule has 0 atom stereocenters. The number of likely N-dealkylation sites (N-methyl/N-ethyl adjacent to an activating group) is 1. The maximum absolute atomic E-state index is 11.5. The Bertz CT molecular complexity index is 463. The minimum Gasteiger partial charge on any atom is -0.482 e. The minimum absolute atomic E-state index is 0.0580. The molecule has 0 heterocycles. The van der Waals surface area contributed by atoms with Crippen LogP contribution in [0, 0.1) is 6.92 Å². The highest BCUT2D eigenvalue weighted by Crippen LogP contribution is 2.24. The molecule has 1 rings (SSSR count). The topological polar surface area (TPSA) is 67.4 Å². The van der Waals surface area contributed by atoms with E-state index < -0.39 is 0 Å². The maximum atomic E-state index is 11.5. The van der Waals surface area contributed by atoms with E-state index in [1.165, 1.54) is 0 Å². The normalized spacial score (nSPS) is 9.84. The average Bonchev–Trinajstić information content (AvgIpc) is 2.38.